The standard InChI is InChI=1S/C10H19NOS/c1-3-4-6-11(2)10(12)9-5-7-13-8-9/h9H,3-8H2,1-2H3. The van der Waals surface area contributed by atoms with Crippen LogP contribution in [-0.4, -0.2) is 35.9 Å². The summed E-state index contributed by atoms with van der Waals surface area (Å²) < 4.78 is 0. The van der Waals surface area contributed by atoms with E-state index >= 15 is 0 Å². The van der Waals surface area contributed by atoms with Gasteiger partial charge in [0.15, 0.2) is 0 Å². The minimum Gasteiger partial charge on any atom is -0.345 e. The summed E-state index contributed by atoms with van der Waals surface area (Å²) in [7, 11) is 1.93. The van der Waals surface area contributed by atoms with Gasteiger partial charge in [0.25, 0.3) is 0 Å². The largest absolute Gasteiger partial charge is 0.345 e. The summed E-state index contributed by atoms with van der Waals surface area (Å²) in [6.07, 6.45) is 3.37. The molecule has 3 heteroatoms. The second-order valence-corrected chi connectivity index (χ2v) is 4.82. The van der Waals surface area contributed by atoms with Crippen molar-refractivity contribution in [2.45, 2.75) is 26.2 Å². The molecule has 1 unspecified atom stereocenters. The van der Waals surface area contributed by atoms with Crippen molar-refractivity contribution < 1.29 is 4.79 Å². The molecule has 0 aromatic heterocycles. The van der Waals surface area contributed by atoms with Crippen molar-refractivity contribution in [2.75, 3.05) is 25.1 Å². The zero-order chi connectivity index (χ0) is 9.68. The molecule has 1 saturated heterocycles. The minimum absolute atomic E-state index is 0.312. The number of hydrogen-bond acceptors (Lipinski definition) is 2. The first-order valence-electron chi connectivity index (χ1n) is 5.08. The average Bonchev–Trinajstić information content (AvgIpc) is 2.65. The van der Waals surface area contributed by atoms with Crippen LogP contribution < -0.4 is 0 Å². The zero-order valence-corrected chi connectivity index (χ0v) is 9.40. The van der Waals surface area contributed by atoms with Gasteiger partial charge in [-0.05, 0) is 18.6 Å². The molecule has 1 aliphatic heterocycles. The van der Waals surface area contributed by atoms with E-state index in [0.717, 1.165) is 37.3 Å². The molecule has 0 radical (unpaired) electrons. The Kier molecular flexibility index (Phi) is 4.64. The first-order valence-corrected chi connectivity index (χ1v) is 6.24. The summed E-state index contributed by atoms with van der Waals surface area (Å²) in [5.74, 6) is 2.87. The molecule has 2 nitrogen and oxygen atoms in total. The summed E-state index contributed by atoms with van der Waals surface area (Å²) in [6.45, 7) is 3.08. The number of unbranched alkanes of at least 4 members (excludes halogenated alkanes) is 1. The van der Waals surface area contributed by atoms with Gasteiger partial charge in [-0.25, -0.2) is 0 Å². The number of thioether (sulfide) groups is 1. The van der Waals surface area contributed by atoms with Crippen molar-refractivity contribution in [2.24, 2.45) is 5.92 Å². The highest BCUT2D eigenvalue weighted by molar-refractivity contribution is 7.99. The third kappa shape index (κ3) is 3.22. The van der Waals surface area contributed by atoms with Crippen LogP contribution in [0.25, 0.3) is 0 Å². The van der Waals surface area contributed by atoms with E-state index in [1.165, 1.54) is 0 Å². The van der Waals surface area contributed by atoms with Crippen molar-refractivity contribution >= 4 is 17.7 Å². The van der Waals surface area contributed by atoms with Crippen molar-refractivity contribution in [1.82, 2.24) is 4.90 Å². The first-order chi connectivity index (χ1) is 6.25. The second kappa shape index (κ2) is 5.53. The van der Waals surface area contributed by atoms with E-state index in [1.54, 1.807) is 0 Å². The van der Waals surface area contributed by atoms with E-state index in [2.05, 4.69) is 6.92 Å². The van der Waals surface area contributed by atoms with Gasteiger partial charge >= 0.3 is 0 Å². The van der Waals surface area contributed by atoms with Crippen molar-refractivity contribution in [3.05, 3.63) is 0 Å². The molecule has 1 atom stereocenters. The molecule has 0 bridgehead atoms. The molecule has 1 heterocycles. The molecule has 1 rings (SSSR count). The van der Waals surface area contributed by atoms with E-state index in [0.29, 0.717) is 11.8 Å². The van der Waals surface area contributed by atoms with Gasteiger partial charge in [0, 0.05) is 25.3 Å². The van der Waals surface area contributed by atoms with Gasteiger partial charge in [0.05, 0.1) is 0 Å². The van der Waals surface area contributed by atoms with E-state index < -0.39 is 0 Å². The van der Waals surface area contributed by atoms with Gasteiger partial charge in [0.1, 0.15) is 0 Å². The Hall–Kier alpha value is -0.180. The second-order valence-electron chi connectivity index (χ2n) is 3.67. The maximum Gasteiger partial charge on any atom is 0.226 e. The first kappa shape index (κ1) is 10.9. The van der Waals surface area contributed by atoms with Crippen LogP contribution in [0.2, 0.25) is 0 Å². The molecule has 0 aromatic carbocycles. The van der Waals surface area contributed by atoms with Crippen LogP contribution in [0.15, 0.2) is 0 Å². The van der Waals surface area contributed by atoms with E-state index in [1.807, 2.05) is 23.7 Å². The maximum absolute atomic E-state index is 11.8. The molecule has 0 saturated carbocycles. The van der Waals surface area contributed by atoms with Crippen LogP contribution in [0.4, 0.5) is 0 Å². The number of hydrogen-bond donors (Lipinski definition) is 0. The zero-order valence-electron chi connectivity index (χ0n) is 8.58. The molecule has 0 spiro atoms. The lowest BCUT2D eigenvalue weighted by Gasteiger charge is -2.20. The molecule has 1 aliphatic rings. The van der Waals surface area contributed by atoms with E-state index in [4.69, 9.17) is 0 Å². The predicted molar refractivity (Wildman–Crippen MR) is 58.0 cm³/mol. The quantitative estimate of drug-likeness (QED) is 0.693. The number of rotatable bonds is 4. The molecule has 1 fully saturated rings. The number of amides is 1. The van der Waals surface area contributed by atoms with Crippen molar-refractivity contribution in [3.8, 4) is 0 Å². The van der Waals surface area contributed by atoms with Crippen LogP contribution in [0, 0.1) is 5.92 Å². The Bertz CT molecular complexity index is 166. The number of carbonyl (C=O) groups is 1. The Morgan fingerprint density at radius 1 is 1.62 bits per heavy atom. The van der Waals surface area contributed by atoms with Crippen LogP contribution in [-0.2, 0) is 4.79 Å². The number of nitrogens with zero attached hydrogens (tertiary/aromatic N) is 1. The van der Waals surface area contributed by atoms with Crippen LogP contribution in [0.5, 0.6) is 0 Å². The SMILES string of the molecule is CCCCN(C)C(=O)C1CCSC1. The third-order valence-corrected chi connectivity index (χ3v) is 3.66. The van der Waals surface area contributed by atoms with Gasteiger partial charge in [-0.1, -0.05) is 13.3 Å². The van der Waals surface area contributed by atoms with Crippen LogP contribution >= 0.6 is 11.8 Å². The fourth-order valence-corrected chi connectivity index (χ4v) is 2.76. The lowest BCUT2D eigenvalue weighted by molar-refractivity contribution is -0.133. The molecule has 13 heavy (non-hydrogen) atoms. The molecule has 0 aliphatic carbocycles. The third-order valence-electron chi connectivity index (χ3n) is 2.50. The smallest absolute Gasteiger partial charge is 0.226 e. The van der Waals surface area contributed by atoms with Gasteiger partial charge < -0.3 is 4.90 Å². The average molecular weight is 201 g/mol. The van der Waals surface area contributed by atoms with Gasteiger partial charge in [0.2, 0.25) is 5.91 Å². The van der Waals surface area contributed by atoms with Gasteiger partial charge in [-0.3, -0.25) is 4.79 Å². The van der Waals surface area contributed by atoms with E-state index in [9.17, 15) is 4.79 Å². The highest BCUT2D eigenvalue weighted by Gasteiger charge is 2.25. The Morgan fingerprint density at radius 2 is 2.38 bits per heavy atom. The highest BCUT2D eigenvalue weighted by Crippen LogP contribution is 2.24. The van der Waals surface area contributed by atoms with Crippen molar-refractivity contribution in [3.63, 3.8) is 0 Å². The summed E-state index contributed by atoms with van der Waals surface area (Å²) in [4.78, 5) is 13.7. The minimum atomic E-state index is 0.312. The molecular weight excluding hydrogens is 182 g/mol. The molecule has 0 aromatic rings. The summed E-state index contributed by atoms with van der Waals surface area (Å²) in [5, 5.41) is 0. The van der Waals surface area contributed by atoms with Gasteiger partial charge in [-0.15, -0.1) is 0 Å². The maximum atomic E-state index is 11.8. The Balaban J connectivity index is 2.28. The summed E-state index contributed by atoms with van der Waals surface area (Å²) in [6, 6.07) is 0. The number of carbonyl (C=O) groups excluding carboxylic acids is 1. The Morgan fingerprint density at radius 3 is 2.92 bits per heavy atom. The Labute approximate surface area is 85.1 Å². The normalized spacial score (nSPS) is 21.8. The molecule has 76 valence electrons. The fraction of sp³-hybridized carbons (Fsp3) is 0.900. The topological polar surface area (TPSA) is 20.3 Å². The molecule has 1 amide bonds. The molecule has 0 N–H and O–H groups in total. The van der Waals surface area contributed by atoms with Crippen LogP contribution in [0.1, 0.15) is 26.2 Å². The summed E-state index contributed by atoms with van der Waals surface area (Å²) in [5.41, 5.74) is 0. The fourth-order valence-electron chi connectivity index (χ4n) is 1.55. The lowest BCUT2D eigenvalue weighted by Crippen LogP contribution is -2.33. The highest BCUT2D eigenvalue weighted by atomic mass is 32.2. The monoisotopic (exact) mass is 201 g/mol. The van der Waals surface area contributed by atoms with E-state index in [-0.39, 0.29) is 0 Å². The van der Waals surface area contributed by atoms with Crippen LogP contribution in [0.3, 0.4) is 0 Å². The van der Waals surface area contributed by atoms with Crippen molar-refractivity contribution in [1.29, 1.82) is 0 Å². The summed E-state index contributed by atoms with van der Waals surface area (Å²) >= 11 is 1.90. The predicted octanol–water partition coefficient (Wildman–Crippen LogP) is 2.00. The molecular formula is C10H19NOS. The van der Waals surface area contributed by atoms with Gasteiger partial charge in [-0.2, -0.15) is 11.8 Å². The lowest BCUT2D eigenvalue weighted by atomic mass is 10.1.